The molecule has 14 nitrogen and oxygen atoms in total. The van der Waals surface area contributed by atoms with Gasteiger partial charge >= 0.3 is 0 Å². The molecule has 9 rings (SSSR count). The summed E-state index contributed by atoms with van der Waals surface area (Å²) in [5, 5.41) is 5.23. The first-order valence-electron chi connectivity index (χ1n) is 21.2. The topological polar surface area (TPSA) is 159 Å². The van der Waals surface area contributed by atoms with Gasteiger partial charge in [0.2, 0.25) is 17.8 Å². The lowest BCUT2D eigenvalue weighted by Gasteiger charge is -2.38. The van der Waals surface area contributed by atoms with Crippen LogP contribution in [0.3, 0.4) is 0 Å². The van der Waals surface area contributed by atoms with Crippen LogP contribution in [0, 0.1) is 30.3 Å². The van der Waals surface area contributed by atoms with Crippen molar-refractivity contribution in [2.45, 2.75) is 83.8 Å². The van der Waals surface area contributed by atoms with E-state index in [-0.39, 0.29) is 58.7 Å². The van der Waals surface area contributed by atoms with Crippen LogP contribution in [-0.2, 0) is 16.1 Å². The predicted octanol–water partition coefficient (Wildman–Crippen LogP) is 6.43. The van der Waals surface area contributed by atoms with Crippen LogP contribution < -0.4 is 10.6 Å². The Morgan fingerprint density at radius 1 is 0.806 bits per heavy atom. The maximum Gasteiger partial charge on any atom is 0.262 e. The van der Waals surface area contributed by atoms with Crippen molar-refractivity contribution in [1.82, 2.24) is 44.5 Å². The minimum Gasteiger partial charge on any atom is -0.326 e. The van der Waals surface area contributed by atoms with Gasteiger partial charge in [-0.1, -0.05) is 6.07 Å². The van der Waals surface area contributed by atoms with Crippen molar-refractivity contribution in [2.75, 3.05) is 38.0 Å². The minimum atomic E-state index is -1.09. The summed E-state index contributed by atoms with van der Waals surface area (Å²) in [6.45, 7) is 11.0. The largest absolute Gasteiger partial charge is 0.326 e. The number of rotatable bonds is 10. The van der Waals surface area contributed by atoms with Crippen LogP contribution in [0.2, 0.25) is 0 Å². The maximum atomic E-state index is 15.5. The third-order valence-corrected chi connectivity index (χ3v) is 12.7. The molecule has 4 aliphatic heterocycles. The molecule has 1 unspecified atom stereocenters. The van der Waals surface area contributed by atoms with Crippen molar-refractivity contribution < 1.29 is 32.3 Å². The number of halogens is 3. The normalized spacial score (nSPS) is 19.5. The Labute approximate surface area is 355 Å². The van der Waals surface area contributed by atoms with E-state index < -0.39 is 47.1 Å². The van der Waals surface area contributed by atoms with E-state index in [1.54, 1.807) is 12.3 Å². The summed E-state index contributed by atoms with van der Waals surface area (Å²) < 4.78 is 47.6. The Balaban J connectivity index is 0.752. The van der Waals surface area contributed by atoms with Crippen molar-refractivity contribution in [2.24, 2.45) is 5.92 Å². The van der Waals surface area contributed by atoms with Gasteiger partial charge < -0.3 is 14.8 Å². The van der Waals surface area contributed by atoms with Gasteiger partial charge in [-0.25, -0.2) is 33.1 Å². The number of fused-ring (bicyclic) bond motifs is 2. The van der Waals surface area contributed by atoms with Gasteiger partial charge in [-0.2, -0.15) is 0 Å². The maximum absolute atomic E-state index is 15.5. The van der Waals surface area contributed by atoms with Gasteiger partial charge in [0.1, 0.15) is 34.7 Å². The number of nitrogens with zero attached hydrogens (tertiary/aromatic N) is 8. The Hall–Kier alpha value is -6.07. The lowest BCUT2D eigenvalue weighted by Crippen LogP contribution is -2.54. The molecule has 0 radical (unpaired) electrons. The highest BCUT2D eigenvalue weighted by atomic mass is 19.1. The first-order chi connectivity index (χ1) is 29.8. The van der Waals surface area contributed by atoms with Crippen molar-refractivity contribution in [3.8, 4) is 11.3 Å². The molecular formula is C45H47F3N10O4. The second-order valence-corrected chi connectivity index (χ2v) is 17.2. The number of carbonyl (C=O) groups excluding carboxylic acids is 4. The Kier molecular flexibility index (Phi) is 11.1. The van der Waals surface area contributed by atoms with Gasteiger partial charge in [-0.3, -0.25) is 34.3 Å². The number of pyridine rings is 1. The molecule has 2 N–H and O–H groups in total. The molecule has 0 spiro atoms. The lowest BCUT2D eigenvalue weighted by molar-refractivity contribution is -0.136. The molecule has 4 aliphatic rings. The molecule has 7 heterocycles. The molecule has 17 heteroatoms. The Morgan fingerprint density at radius 3 is 2.23 bits per heavy atom. The zero-order chi connectivity index (χ0) is 43.4. The number of hydrogen-bond donors (Lipinski definition) is 2. The highest BCUT2D eigenvalue weighted by Gasteiger charge is 2.45. The quantitative estimate of drug-likeness (QED) is 0.149. The molecule has 3 saturated heterocycles. The van der Waals surface area contributed by atoms with Crippen LogP contribution in [0.4, 0.5) is 24.9 Å². The molecule has 3 aromatic heterocycles. The fourth-order valence-electron chi connectivity index (χ4n) is 9.59. The number of carbonyl (C=O) groups is 4. The average molecular weight is 849 g/mol. The first kappa shape index (κ1) is 41.3. The van der Waals surface area contributed by atoms with E-state index in [9.17, 15) is 19.2 Å². The van der Waals surface area contributed by atoms with E-state index >= 15 is 13.2 Å². The molecule has 0 bridgehead atoms. The third kappa shape index (κ3) is 7.94. The molecule has 62 heavy (non-hydrogen) atoms. The zero-order valence-corrected chi connectivity index (χ0v) is 34.8. The van der Waals surface area contributed by atoms with E-state index in [1.807, 2.05) is 37.5 Å². The number of anilines is 2. The predicted molar refractivity (Wildman–Crippen MR) is 223 cm³/mol. The third-order valence-electron chi connectivity index (χ3n) is 12.7. The van der Waals surface area contributed by atoms with E-state index in [4.69, 9.17) is 0 Å². The summed E-state index contributed by atoms with van der Waals surface area (Å²) >= 11 is 0. The van der Waals surface area contributed by atoms with Gasteiger partial charge in [0, 0.05) is 37.3 Å². The second kappa shape index (κ2) is 16.7. The number of piperidine rings is 3. The van der Waals surface area contributed by atoms with Crippen molar-refractivity contribution in [3.05, 3.63) is 94.3 Å². The second-order valence-electron chi connectivity index (χ2n) is 17.2. The number of likely N-dealkylation sites (tertiary alicyclic amines) is 2. The zero-order valence-electron chi connectivity index (χ0n) is 34.8. The van der Waals surface area contributed by atoms with Gasteiger partial charge in [0.15, 0.2) is 11.6 Å². The number of benzene rings is 2. The molecule has 3 fully saturated rings. The summed E-state index contributed by atoms with van der Waals surface area (Å²) in [6, 6.07) is 8.33. The van der Waals surface area contributed by atoms with Crippen LogP contribution in [-0.4, -0.2) is 102 Å². The van der Waals surface area contributed by atoms with Gasteiger partial charge in [0.05, 0.1) is 22.8 Å². The average Bonchev–Trinajstić information content (AvgIpc) is 3.71. The molecular weight excluding hydrogens is 802 g/mol. The van der Waals surface area contributed by atoms with Gasteiger partial charge in [-0.15, -0.1) is 0 Å². The Bertz CT molecular complexity index is 2600. The number of imide groups is 2. The van der Waals surface area contributed by atoms with Gasteiger partial charge in [-0.05, 0) is 132 Å². The summed E-state index contributed by atoms with van der Waals surface area (Å²) in [5.41, 5.74) is 2.58. The fourth-order valence-corrected chi connectivity index (χ4v) is 9.59. The number of amides is 4. The first-order valence-corrected chi connectivity index (χ1v) is 21.2. The van der Waals surface area contributed by atoms with Crippen LogP contribution in [0.15, 0.2) is 48.8 Å². The van der Waals surface area contributed by atoms with E-state index in [1.165, 1.54) is 12.1 Å². The molecule has 5 aromatic rings. The number of nitrogens with one attached hydrogen (secondary N) is 2. The molecule has 0 aliphatic carbocycles. The summed E-state index contributed by atoms with van der Waals surface area (Å²) in [7, 11) is 0. The molecule has 4 amide bonds. The minimum absolute atomic E-state index is 0.0194. The smallest absolute Gasteiger partial charge is 0.262 e. The summed E-state index contributed by atoms with van der Waals surface area (Å²) in [4.78, 5) is 73.7. The van der Waals surface area contributed by atoms with Crippen LogP contribution in [0.1, 0.15) is 102 Å². The van der Waals surface area contributed by atoms with Crippen molar-refractivity contribution >= 4 is 46.4 Å². The standard InChI is InChI=1S/C45H47F3N10O4/c1-24(2)57-25(3)51-41-34(47)16-29(17-37(41)57)40-35(48)21-50-45(54-40)52-38-6-4-27(20-49-38)23-55-12-8-26(9-13-55)22-56-14-10-28(11-15-56)30-18-31-32(19-33(30)46)44(62)58(43(31)61)36-5-7-39(59)53-42(36)60/h4,6,16-21,24,26,28,36H,5,7-15,22-23H2,1-3H3,(H,53,59,60)(H,49,50,52,54). The molecule has 1 atom stereocenters. The Morgan fingerprint density at radius 2 is 1.53 bits per heavy atom. The van der Waals surface area contributed by atoms with Crippen LogP contribution in [0.5, 0.6) is 0 Å². The molecule has 322 valence electrons. The van der Waals surface area contributed by atoms with Crippen molar-refractivity contribution in [3.63, 3.8) is 0 Å². The lowest BCUT2D eigenvalue weighted by atomic mass is 9.86. The van der Waals surface area contributed by atoms with E-state index in [2.05, 4.69) is 40.4 Å². The summed E-state index contributed by atoms with van der Waals surface area (Å²) in [5.74, 6) is -2.51. The number of aryl methyl sites for hydroxylation is 1. The van der Waals surface area contributed by atoms with Gasteiger partial charge in [0.25, 0.3) is 11.8 Å². The number of imidazole rings is 1. The monoisotopic (exact) mass is 848 g/mol. The van der Waals surface area contributed by atoms with E-state index in [0.29, 0.717) is 28.6 Å². The van der Waals surface area contributed by atoms with Crippen LogP contribution >= 0.6 is 0 Å². The van der Waals surface area contributed by atoms with Crippen molar-refractivity contribution in [1.29, 1.82) is 0 Å². The van der Waals surface area contributed by atoms with E-state index in [0.717, 1.165) is 87.7 Å². The van der Waals surface area contributed by atoms with Crippen LogP contribution in [0.25, 0.3) is 22.3 Å². The summed E-state index contributed by atoms with van der Waals surface area (Å²) in [6.07, 6.45) is 6.47. The number of aromatic nitrogens is 5. The number of hydrogen-bond acceptors (Lipinski definition) is 11. The highest BCUT2D eigenvalue weighted by Crippen LogP contribution is 2.36. The fraction of sp³-hybridized carbons (Fsp3) is 0.422. The highest BCUT2D eigenvalue weighted by molar-refractivity contribution is 6.23. The molecule has 0 saturated carbocycles. The molecule has 2 aromatic carbocycles. The SMILES string of the molecule is Cc1nc2c(F)cc(-c3nc(Nc4ccc(CN5CCC(CN6CCC(c7cc8c(cc7F)C(=O)N(C7CCC(=O)NC7=O)C8=O)CC6)CC5)cn4)ncc3F)cc2n1C(C)C.